The first kappa shape index (κ1) is 17.4. The Morgan fingerprint density at radius 2 is 1.60 bits per heavy atom. The maximum atomic E-state index is 11.0. The van der Waals surface area contributed by atoms with E-state index in [-0.39, 0.29) is 16.4 Å². The highest BCUT2D eigenvalue weighted by Gasteiger charge is 2.37. The molecule has 1 aliphatic carbocycles. The van der Waals surface area contributed by atoms with Crippen molar-refractivity contribution in [3.8, 4) is 0 Å². The van der Waals surface area contributed by atoms with Gasteiger partial charge in [-0.2, -0.15) is 0 Å². The monoisotopic (exact) mass is 335 g/mol. The summed E-state index contributed by atoms with van der Waals surface area (Å²) in [6, 6.07) is 9.87. The Kier molecular flexibility index (Phi) is 4.06. The van der Waals surface area contributed by atoms with Crippen molar-refractivity contribution >= 4 is 11.5 Å². The minimum atomic E-state index is -0.970. The SMILES string of the molecule is C=C(c1ccc2c(c1)C(C)(C)CCC2(C)C)c1ccc(C(=O)O)cn1. The number of carboxylic acid groups (broad SMARTS) is 1. The second-order valence-corrected chi connectivity index (χ2v) is 8.24. The Bertz CT molecular complexity index is 845. The summed E-state index contributed by atoms with van der Waals surface area (Å²) in [4.78, 5) is 15.3. The smallest absolute Gasteiger partial charge is 0.337 e. The molecule has 3 rings (SSSR count). The van der Waals surface area contributed by atoms with Gasteiger partial charge in [-0.15, -0.1) is 0 Å². The van der Waals surface area contributed by atoms with Gasteiger partial charge in [0.05, 0.1) is 11.3 Å². The molecule has 0 aliphatic heterocycles. The molecular formula is C22H25NO2. The van der Waals surface area contributed by atoms with Gasteiger partial charge >= 0.3 is 5.97 Å². The average Bonchev–Trinajstić information content (AvgIpc) is 2.58. The molecule has 0 saturated carbocycles. The van der Waals surface area contributed by atoms with Crippen LogP contribution in [0.15, 0.2) is 43.1 Å². The first-order valence-electron chi connectivity index (χ1n) is 8.66. The van der Waals surface area contributed by atoms with E-state index in [0.29, 0.717) is 5.69 Å². The summed E-state index contributed by atoms with van der Waals surface area (Å²) in [6.45, 7) is 13.4. The Hall–Kier alpha value is -2.42. The number of benzene rings is 1. The molecule has 2 aromatic rings. The number of aromatic carboxylic acids is 1. The summed E-state index contributed by atoms with van der Waals surface area (Å²) in [7, 11) is 0. The molecule has 0 fully saturated rings. The van der Waals surface area contributed by atoms with E-state index in [4.69, 9.17) is 5.11 Å². The van der Waals surface area contributed by atoms with Gasteiger partial charge in [0.15, 0.2) is 0 Å². The van der Waals surface area contributed by atoms with Crippen LogP contribution < -0.4 is 0 Å². The third-order valence-corrected chi connectivity index (χ3v) is 5.52. The van der Waals surface area contributed by atoms with E-state index in [1.807, 2.05) is 0 Å². The summed E-state index contributed by atoms with van der Waals surface area (Å²) < 4.78 is 0. The second-order valence-electron chi connectivity index (χ2n) is 8.24. The third-order valence-electron chi connectivity index (χ3n) is 5.52. The molecule has 130 valence electrons. The zero-order valence-electron chi connectivity index (χ0n) is 15.4. The molecular weight excluding hydrogens is 310 g/mol. The van der Waals surface area contributed by atoms with E-state index in [0.717, 1.165) is 17.6 Å². The number of fused-ring (bicyclic) bond motifs is 1. The second kappa shape index (κ2) is 5.83. The van der Waals surface area contributed by atoms with Gasteiger partial charge < -0.3 is 5.11 Å². The van der Waals surface area contributed by atoms with Crippen molar-refractivity contribution in [1.29, 1.82) is 0 Å². The van der Waals surface area contributed by atoms with Gasteiger partial charge in [-0.05, 0) is 52.5 Å². The first-order chi connectivity index (χ1) is 11.6. The van der Waals surface area contributed by atoms with Crippen LogP contribution in [0, 0.1) is 0 Å². The van der Waals surface area contributed by atoms with Crippen LogP contribution in [0.5, 0.6) is 0 Å². The van der Waals surface area contributed by atoms with E-state index in [1.54, 1.807) is 12.1 Å². The molecule has 3 nitrogen and oxygen atoms in total. The van der Waals surface area contributed by atoms with E-state index >= 15 is 0 Å². The van der Waals surface area contributed by atoms with E-state index in [1.165, 1.54) is 23.7 Å². The molecule has 3 heteroatoms. The number of nitrogens with zero attached hydrogens (tertiary/aromatic N) is 1. The highest BCUT2D eigenvalue weighted by molar-refractivity contribution is 5.87. The molecule has 1 aromatic heterocycles. The van der Waals surface area contributed by atoms with E-state index in [9.17, 15) is 4.79 Å². The summed E-state index contributed by atoms with van der Waals surface area (Å²) in [5.41, 5.74) is 5.87. The molecule has 1 heterocycles. The molecule has 0 atom stereocenters. The van der Waals surface area contributed by atoms with Crippen LogP contribution in [-0.2, 0) is 10.8 Å². The summed E-state index contributed by atoms with van der Waals surface area (Å²) in [5.74, 6) is -0.970. The van der Waals surface area contributed by atoms with Crippen molar-refractivity contribution in [2.24, 2.45) is 0 Å². The maximum Gasteiger partial charge on any atom is 0.337 e. The number of carboxylic acids is 1. The standard InChI is InChI=1S/C22H25NO2/c1-14(19-9-7-16(13-23-19)20(24)25)15-6-8-17-18(12-15)22(4,5)11-10-21(17,2)3/h6-9,12-13H,1,10-11H2,2-5H3,(H,24,25). The molecule has 0 bridgehead atoms. The molecule has 0 amide bonds. The van der Waals surface area contributed by atoms with Gasteiger partial charge in [-0.25, -0.2) is 4.79 Å². The topological polar surface area (TPSA) is 50.2 Å². The normalized spacial score (nSPS) is 17.6. The third kappa shape index (κ3) is 3.11. The number of hydrogen-bond acceptors (Lipinski definition) is 2. The Morgan fingerprint density at radius 3 is 2.16 bits per heavy atom. The molecule has 1 N–H and O–H groups in total. The molecule has 1 aromatic carbocycles. The van der Waals surface area contributed by atoms with Gasteiger partial charge in [0.25, 0.3) is 0 Å². The largest absolute Gasteiger partial charge is 0.478 e. The van der Waals surface area contributed by atoms with Gasteiger partial charge in [-0.3, -0.25) is 4.98 Å². The van der Waals surface area contributed by atoms with Crippen molar-refractivity contribution in [1.82, 2.24) is 4.98 Å². The van der Waals surface area contributed by atoms with Crippen LogP contribution in [0.25, 0.3) is 5.57 Å². The van der Waals surface area contributed by atoms with Crippen LogP contribution in [-0.4, -0.2) is 16.1 Å². The van der Waals surface area contributed by atoms with E-state index in [2.05, 4.69) is 57.5 Å². The van der Waals surface area contributed by atoms with Crippen molar-refractivity contribution in [2.75, 3.05) is 0 Å². The van der Waals surface area contributed by atoms with Crippen molar-refractivity contribution in [2.45, 2.75) is 51.4 Å². The van der Waals surface area contributed by atoms with Crippen LogP contribution >= 0.6 is 0 Å². The minimum absolute atomic E-state index is 0.141. The fraction of sp³-hybridized carbons (Fsp3) is 0.364. The van der Waals surface area contributed by atoms with Crippen LogP contribution in [0.1, 0.15) is 73.3 Å². The van der Waals surface area contributed by atoms with Crippen molar-refractivity contribution < 1.29 is 9.90 Å². The Labute approximate surface area is 149 Å². The summed E-state index contributed by atoms with van der Waals surface area (Å²) in [6.07, 6.45) is 3.73. The zero-order valence-corrected chi connectivity index (χ0v) is 15.4. The Balaban J connectivity index is 2.01. The first-order valence-corrected chi connectivity index (χ1v) is 8.66. The number of hydrogen-bond donors (Lipinski definition) is 1. The molecule has 0 radical (unpaired) electrons. The lowest BCUT2D eigenvalue weighted by Gasteiger charge is -2.42. The predicted molar refractivity (Wildman–Crippen MR) is 101 cm³/mol. The molecule has 1 aliphatic rings. The fourth-order valence-corrected chi connectivity index (χ4v) is 3.62. The summed E-state index contributed by atoms with van der Waals surface area (Å²) in [5, 5.41) is 9.01. The van der Waals surface area contributed by atoms with Gasteiger partial charge in [0.2, 0.25) is 0 Å². The van der Waals surface area contributed by atoms with Crippen molar-refractivity contribution in [3.05, 3.63) is 71.1 Å². The minimum Gasteiger partial charge on any atom is -0.478 e. The highest BCUT2D eigenvalue weighted by Crippen LogP contribution is 2.46. The fourth-order valence-electron chi connectivity index (χ4n) is 3.62. The number of aromatic nitrogens is 1. The molecule has 25 heavy (non-hydrogen) atoms. The van der Waals surface area contributed by atoms with E-state index < -0.39 is 5.97 Å². The number of carbonyl (C=O) groups is 1. The Morgan fingerprint density at radius 1 is 1.00 bits per heavy atom. The summed E-state index contributed by atoms with van der Waals surface area (Å²) >= 11 is 0. The van der Waals surface area contributed by atoms with Gasteiger partial charge in [0.1, 0.15) is 0 Å². The molecule has 0 spiro atoms. The quantitative estimate of drug-likeness (QED) is 0.839. The van der Waals surface area contributed by atoms with Crippen molar-refractivity contribution in [3.63, 3.8) is 0 Å². The number of rotatable bonds is 3. The van der Waals surface area contributed by atoms with Crippen LogP contribution in [0.4, 0.5) is 0 Å². The van der Waals surface area contributed by atoms with Gasteiger partial charge in [0, 0.05) is 11.8 Å². The maximum absolute atomic E-state index is 11.0. The average molecular weight is 335 g/mol. The predicted octanol–water partition coefficient (Wildman–Crippen LogP) is 5.19. The van der Waals surface area contributed by atoms with Gasteiger partial charge in [-0.1, -0.05) is 52.5 Å². The highest BCUT2D eigenvalue weighted by atomic mass is 16.4. The lowest BCUT2D eigenvalue weighted by atomic mass is 9.63. The van der Waals surface area contributed by atoms with Crippen LogP contribution in [0.3, 0.4) is 0 Å². The number of pyridine rings is 1. The van der Waals surface area contributed by atoms with Crippen LogP contribution in [0.2, 0.25) is 0 Å². The zero-order chi connectivity index (χ0) is 18.4. The molecule has 0 saturated heterocycles. The lowest BCUT2D eigenvalue weighted by molar-refractivity contribution is 0.0696. The molecule has 0 unspecified atom stereocenters. The lowest BCUT2D eigenvalue weighted by Crippen LogP contribution is -2.33.